The fraction of sp³-hybridized carbons (Fsp3) is 0.0741. The van der Waals surface area contributed by atoms with Gasteiger partial charge in [0.1, 0.15) is 11.4 Å². The lowest BCUT2D eigenvalue weighted by atomic mass is 9.93. The van der Waals surface area contributed by atoms with Gasteiger partial charge in [0.25, 0.3) is 5.91 Å². The van der Waals surface area contributed by atoms with Gasteiger partial charge in [-0.15, -0.1) is 0 Å². The largest absolute Gasteiger partial charge is 0.497 e. The molecule has 0 N–H and O–H groups in total. The number of allylic oxidation sites excluding steroid dienone is 2. The molecular formula is C27H19N3O2. The van der Waals surface area contributed by atoms with Crippen LogP contribution >= 0.6 is 0 Å². The normalized spacial score (nSPS) is 12.9. The van der Waals surface area contributed by atoms with Crippen LogP contribution in [0.15, 0.2) is 90.6 Å². The van der Waals surface area contributed by atoms with Gasteiger partial charge in [0, 0.05) is 17.5 Å². The van der Waals surface area contributed by atoms with E-state index in [9.17, 15) is 4.79 Å². The van der Waals surface area contributed by atoms with Crippen LogP contribution in [0.2, 0.25) is 0 Å². The minimum absolute atomic E-state index is 0.290. The van der Waals surface area contributed by atoms with Gasteiger partial charge in [0.15, 0.2) is 5.70 Å². The monoisotopic (exact) mass is 417 g/mol. The van der Waals surface area contributed by atoms with E-state index in [2.05, 4.69) is 4.85 Å². The first kappa shape index (κ1) is 19.5. The van der Waals surface area contributed by atoms with Gasteiger partial charge in [0.2, 0.25) is 0 Å². The molecule has 0 radical (unpaired) electrons. The first-order valence-electron chi connectivity index (χ1n) is 10.2. The SMILES string of the molecule is [C-]#[N+]C1=C(c2ccc(OC)cc2)C(=O)n2nc(-c3ccccc3)c(-c3ccccc3)c2C1. The molecule has 0 amide bonds. The molecule has 5 heteroatoms. The van der Waals surface area contributed by atoms with E-state index in [0.717, 1.165) is 28.1 Å². The van der Waals surface area contributed by atoms with Gasteiger partial charge in [-0.2, -0.15) is 5.10 Å². The smallest absolute Gasteiger partial charge is 0.268 e. The number of hydrogen-bond acceptors (Lipinski definition) is 3. The summed E-state index contributed by atoms with van der Waals surface area (Å²) in [4.78, 5) is 17.4. The summed E-state index contributed by atoms with van der Waals surface area (Å²) in [6.45, 7) is 7.79. The van der Waals surface area contributed by atoms with Crippen LogP contribution in [-0.2, 0) is 6.42 Å². The van der Waals surface area contributed by atoms with Crippen molar-refractivity contribution in [2.45, 2.75) is 6.42 Å². The fourth-order valence-corrected chi connectivity index (χ4v) is 4.11. The summed E-state index contributed by atoms with van der Waals surface area (Å²) in [5.41, 5.74) is 5.75. The molecule has 0 bridgehead atoms. The molecular weight excluding hydrogens is 398 g/mol. The van der Waals surface area contributed by atoms with E-state index in [1.807, 2.05) is 72.8 Å². The lowest BCUT2D eigenvalue weighted by Gasteiger charge is -2.18. The van der Waals surface area contributed by atoms with E-state index in [1.54, 1.807) is 19.2 Å². The number of fused-ring (bicyclic) bond motifs is 1. The summed E-state index contributed by atoms with van der Waals surface area (Å²) in [5.74, 6) is 0.404. The molecule has 0 aliphatic carbocycles. The molecule has 0 unspecified atom stereocenters. The molecule has 1 aliphatic rings. The molecule has 0 atom stereocenters. The molecule has 1 aromatic heterocycles. The van der Waals surface area contributed by atoms with Crippen LogP contribution in [-0.4, -0.2) is 22.8 Å². The Kier molecular flexibility index (Phi) is 4.89. The van der Waals surface area contributed by atoms with Crippen molar-refractivity contribution in [3.05, 3.63) is 113 Å². The first-order valence-corrected chi connectivity index (χ1v) is 10.2. The van der Waals surface area contributed by atoms with Crippen LogP contribution in [0.25, 0.3) is 32.8 Å². The minimum Gasteiger partial charge on any atom is -0.497 e. The number of benzene rings is 3. The summed E-state index contributed by atoms with van der Waals surface area (Å²) >= 11 is 0. The quantitative estimate of drug-likeness (QED) is 0.397. The fourth-order valence-electron chi connectivity index (χ4n) is 4.11. The summed E-state index contributed by atoms with van der Waals surface area (Å²) in [6, 6.07) is 26.9. The topological polar surface area (TPSA) is 48.5 Å². The minimum atomic E-state index is -0.290. The van der Waals surface area contributed by atoms with Gasteiger partial charge >= 0.3 is 0 Å². The second-order valence-corrected chi connectivity index (χ2v) is 7.46. The molecule has 0 spiro atoms. The molecule has 3 aromatic carbocycles. The zero-order chi connectivity index (χ0) is 22.1. The molecule has 5 rings (SSSR count). The summed E-state index contributed by atoms with van der Waals surface area (Å²) < 4.78 is 6.70. The average Bonchev–Trinajstić information content (AvgIpc) is 3.25. The highest BCUT2D eigenvalue weighted by Crippen LogP contribution is 2.40. The Morgan fingerprint density at radius 3 is 2.09 bits per heavy atom. The van der Waals surface area contributed by atoms with E-state index in [0.29, 0.717) is 29.0 Å². The van der Waals surface area contributed by atoms with Gasteiger partial charge in [-0.05, 0) is 23.3 Å². The van der Waals surface area contributed by atoms with Crippen molar-refractivity contribution in [1.29, 1.82) is 0 Å². The molecule has 0 saturated carbocycles. The van der Waals surface area contributed by atoms with Crippen LogP contribution in [0.5, 0.6) is 5.75 Å². The van der Waals surface area contributed by atoms with Crippen molar-refractivity contribution in [1.82, 2.24) is 9.78 Å². The number of carbonyl (C=O) groups is 1. The number of rotatable bonds is 4. The number of hydrogen-bond donors (Lipinski definition) is 0. The van der Waals surface area contributed by atoms with Crippen LogP contribution in [0.3, 0.4) is 0 Å². The Morgan fingerprint density at radius 2 is 1.50 bits per heavy atom. The van der Waals surface area contributed by atoms with Gasteiger partial charge in [-0.25, -0.2) is 9.53 Å². The number of ether oxygens (including phenoxy) is 1. The predicted octanol–water partition coefficient (Wildman–Crippen LogP) is 5.75. The van der Waals surface area contributed by atoms with Crippen molar-refractivity contribution >= 4 is 11.5 Å². The lowest BCUT2D eigenvalue weighted by molar-refractivity contribution is 0.0958. The predicted molar refractivity (Wildman–Crippen MR) is 124 cm³/mol. The van der Waals surface area contributed by atoms with Crippen molar-refractivity contribution in [2.75, 3.05) is 7.11 Å². The van der Waals surface area contributed by atoms with E-state index >= 15 is 0 Å². The van der Waals surface area contributed by atoms with Crippen molar-refractivity contribution in [3.8, 4) is 28.1 Å². The molecule has 32 heavy (non-hydrogen) atoms. The molecule has 5 nitrogen and oxygen atoms in total. The van der Waals surface area contributed by atoms with E-state index in [1.165, 1.54) is 4.68 Å². The van der Waals surface area contributed by atoms with Crippen LogP contribution in [0.4, 0.5) is 0 Å². The van der Waals surface area contributed by atoms with E-state index < -0.39 is 0 Å². The third-order valence-corrected chi connectivity index (χ3v) is 5.63. The van der Waals surface area contributed by atoms with E-state index in [4.69, 9.17) is 16.4 Å². The summed E-state index contributed by atoms with van der Waals surface area (Å²) in [6.07, 6.45) is 0.334. The lowest BCUT2D eigenvalue weighted by Crippen LogP contribution is -2.23. The number of nitrogens with zero attached hydrogens (tertiary/aromatic N) is 3. The average molecular weight is 417 g/mol. The zero-order valence-electron chi connectivity index (χ0n) is 17.4. The molecule has 1 aliphatic heterocycles. The molecule has 0 saturated heterocycles. The van der Waals surface area contributed by atoms with Crippen molar-refractivity contribution < 1.29 is 9.53 Å². The van der Waals surface area contributed by atoms with E-state index in [-0.39, 0.29) is 5.91 Å². The molecule has 4 aromatic rings. The summed E-state index contributed by atoms with van der Waals surface area (Å²) in [5, 5.41) is 4.76. The maximum atomic E-state index is 13.6. The number of methoxy groups -OCH3 is 1. The Bertz CT molecular complexity index is 1380. The second-order valence-electron chi connectivity index (χ2n) is 7.46. The maximum Gasteiger partial charge on any atom is 0.268 e. The van der Waals surface area contributed by atoms with Gasteiger partial charge in [0.05, 0.1) is 24.9 Å². The Hall–Kier alpha value is -4.43. The summed E-state index contributed by atoms with van der Waals surface area (Å²) in [7, 11) is 1.59. The highest BCUT2D eigenvalue weighted by molar-refractivity contribution is 6.23. The Labute approximate surface area is 186 Å². The van der Waals surface area contributed by atoms with Gasteiger partial charge in [-0.1, -0.05) is 72.8 Å². The van der Waals surface area contributed by atoms with Gasteiger partial charge in [-0.3, -0.25) is 4.79 Å². The standard InChI is InChI=1S/C27H19N3O2/c1-28-22-17-23-25(18-9-5-3-6-10-18)26(20-11-7-4-8-12-20)29-30(23)27(31)24(22)19-13-15-21(32-2)16-14-19/h3-16H,17H2,2H3. The van der Waals surface area contributed by atoms with Crippen LogP contribution < -0.4 is 4.74 Å². The molecule has 2 heterocycles. The maximum absolute atomic E-state index is 13.6. The van der Waals surface area contributed by atoms with Crippen LogP contribution in [0, 0.1) is 6.57 Å². The third-order valence-electron chi connectivity index (χ3n) is 5.63. The zero-order valence-corrected chi connectivity index (χ0v) is 17.4. The first-order chi connectivity index (χ1) is 15.7. The number of aromatic nitrogens is 2. The highest BCUT2D eigenvalue weighted by atomic mass is 16.5. The second kappa shape index (κ2) is 8.01. The number of carbonyl (C=O) groups excluding carboxylic acids is 1. The molecule has 154 valence electrons. The highest BCUT2D eigenvalue weighted by Gasteiger charge is 2.33. The Balaban J connectivity index is 1.72. The van der Waals surface area contributed by atoms with Gasteiger partial charge < -0.3 is 4.74 Å². The molecule has 0 fully saturated rings. The van der Waals surface area contributed by atoms with Crippen molar-refractivity contribution in [2.24, 2.45) is 0 Å². The van der Waals surface area contributed by atoms with Crippen LogP contribution in [0.1, 0.15) is 16.1 Å². The third kappa shape index (κ3) is 3.19. The van der Waals surface area contributed by atoms with Crippen molar-refractivity contribution in [3.63, 3.8) is 0 Å². The Morgan fingerprint density at radius 1 is 0.875 bits per heavy atom.